The number of methoxy groups -OCH3 is 3. The molecule has 0 spiro atoms. The predicted molar refractivity (Wildman–Crippen MR) is 96.9 cm³/mol. The molecule has 0 saturated carbocycles. The number of hydrogen-bond acceptors (Lipinski definition) is 6. The van der Waals surface area contributed by atoms with Gasteiger partial charge in [0.05, 0.1) is 20.8 Å². The van der Waals surface area contributed by atoms with E-state index in [-0.39, 0.29) is 31.0 Å². The van der Waals surface area contributed by atoms with Gasteiger partial charge in [-0.25, -0.2) is 0 Å². The highest BCUT2D eigenvalue weighted by atomic mass is 35.5. The Balaban J connectivity index is 0.00000312. The quantitative estimate of drug-likeness (QED) is 0.778. The molecule has 0 bridgehead atoms. The van der Waals surface area contributed by atoms with Crippen molar-refractivity contribution >= 4 is 18.3 Å². The normalized spacial score (nSPS) is 15.9. The summed E-state index contributed by atoms with van der Waals surface area (Å²) < 4.78 is 21.7. The van der Waals surface area contributed by atoms with Crippen LogP contribution in [0, 0.1) is 0 Å². The fourth-order valence-electron chi connectivity index (χ4n) is 2.78. The molecular formula is C17H27ClN2O5. The van der Waals surface area contributed by atoms with E-state index in [0.29, 0.717) is 30.3 Å². The van der Waals surface area contributed by atoms with E-state index in [1.807, 2.05) is 18.2 Å². The van der Waals surface area contributed by atoms with Crippen molar-refractivity contribution < 1.29 is 23.7 Å². The van der Waals surface area contributed by atoms with Gasteiger partial charge >= 0.3 is 0 Å². The highest BCUT2D eigenvalue weighted by Gasteiger charge is 2.28. The second-order valence-corrected chi connectivity index (χ2v) is 5.70. The summed E-state index contributed by atoms with van der Waals surface area (Å²) in [5, 5.41) is 0. The van der Waals surface area contributed by atoms with E-state index in [2.05, 4.69) is 0 Å². The van der Waals surface area contributed by atoms with Crippen LogP contribution >= 0.6 is 12.4 Å². The lowest BCUT2D eigenvalue weighted by molar-refractivity contribution is -0.135. The number of para-hydroxylation sites is 1. The molecule has 1 aliphatic rings. The first-order valence-electron chi connectivity index (χ1n) is 8.01. The van der Waals surface area contributed by atoms with Crippen LogP contribution < -0.4 is 19.9 Å². The van der Waals surface area contributed by atoms with Gasteiger partial charge in [0.1, 0.15) is 12.1 Å². The van der Waals surface area contributed by atoms with Gasteiger partial charge in [-0.15, -0.1) is 12.4 Å². The number of carbonyl (C=O) groups is 1. The number of likely N-dealkylation sites (tertiary alicyclic amines) is 1. The first kappa shape index (κ1) is 21.3. The van der Waals surface area contributed by atoms with Gasteiger partial charge in [-0.1, -0.05) is 6.07 Å². The summed E-state index contributed by atoms with van der Waals surface area (Å²) in [5.41, 5.74) is 5.81. The number of benzene rings is 1. The molecule has 2 N–H and O–H groups in total. The van der Waals surface area contributed by atoms with Gasteiger partial charge in [-0.05, 0) is 12.1 Å². The molecular weight excluding hydrogens is 348 g/mol. The van der Waals surface area contributed by atoms with Gasteiger partial charge in [0.25, 0.3) is 0 Å². The molecule has 0 aromatic heterocycles. The van der Waals surface area contributed by atoms with E-state index >= 15 is 0 Å². The predicted octanol–water partition coefficient (Wildman–Crippen LogP) is 1.47. The number of halogens is 1. The highest BCUT2D eigenvalue weighted by molar-refractivity contribution is 5.85. The van der Waals surface area contributed by atoms with Crippen LogP contribution in [0.25, 0.3) is 0 Å². The number of piperidine rings is 1. The summed E-state index contributed by atoms with van der Waals surface area (Å²) in [6.07, 6.45) is 1.46. The minimum absolute atomic E-state index is 0. The molecule has 25 heavy (non-hydrogen) atoms. The van der Waals surface area contributed by atoms with Crippen LogP contribution in [-0.4, -0.2) is 64.0 Å². The second-order valence-electron chi connectivity index (χ2n) is 5.70. The molecule has 1 heterocycles. The molecule has 0 radical (unpaired) electrons. The van der Waals surface area contributed by atoms with Crippen LogP contribution in [0.4, 0.5) is 0 Å². The van der Waals surface area contributed by atoms with Gasteiger partial charge in [0, 0.05) is 33.0 Å². The van der Waals surface area contributed by atoms with Crippen molar-refractivity contribution in [2.24, 2.45) is 5.73 Å². The third-order valence-electron chi connectivity index (χ3n) is 4.08. The van der Waals surface area contributed by atoms with E-state index < -0.39 is 6.04 Å². The van der Waals surface area contributed by atoms with Crippen LogP contribution in [0.3, 0.4) is 0 Å². The molecule has 1 atom stereocenters. The molecule has 1 aromatic carbocycles. The number of nitrogens with zero attached hydrogens (tertiary/aromatic N) is 1. The number of rotatable bonds is 7. The lowest BCUT2D eigenvalue weighted by Crippen LogP contribution is -2.50. The third kappa shape index (κ3) is 5.39. The van der Waals surface area contributed by atoms with E-state index in [9.17, 15) is 4.79 Å². The number of amides is 1. The molecule has 142 valence electrons. The van der Waals surface area contributed by atoms with Crippen LogP contribution in [0.5, 0.6) is 17.2 Å². The summed E-state index contributed by atoms with van der Waals surface area (Å²) in [7, 11) is 4.73. The Hall–Kier alpha value is -1.70. The zero-order chi connectivity index (χ0) is 17.5. The van der Waals surface area contributed by atoms with Crippen molar-refractivity contribution in [1.82, 2.24) is 4.90 Å². The SMILES string of the molecule is COCC(N)C(=O)N1CCC(Oc2c(OC)cccc2OC)CC1.Cl. The maximum Gasteiger partial charge on any atom is 0.241 e. The lowest BCUT2D eigenvalue weighted by atomic mass is 10.1. The topological polar surface area (TPSA) is 83.3 Å². The van der Waals surface area contributed by atoms with Gasteiger partial charge < -0.3 is 29.6 Å². The van der Waals surface area contributed by atoms with Gasteiger partial charge in [0.2, 0.25) is 11.7 Å². The first-order chi connectivity index (χ1) is 11.6. The highest BCUT2D eigenvalue weighted by Crippen LogP contribution is 2.38. The third-order valence-corrected chi connectivity index (χ3v) is 4.08. The fourth-order valence-corrected chi connectivity index (χ4v) is 2.78. The van der Waals surface area contributed by atoms with Crippen molar-refractivity contribution in [3.8, 4) is 17.2 Å². The van der Waals surface area contributed by atoms with E-state index in [0.717, 1.165) is 12.8 Å². The standard InChI is InChI=1S/C17H26N2O5.ClH/c1-21-11-13(18)17(20)19-9-7-12(8-10-19)24-16-14(22-2)5-4-6-15(16)23-3;/h4-6,12-13H,7-11,18H2,1-3H3;1H. The summed E-state index contributed by atoms with van der Waals surface area (Å²) in [6.45, 7) is 1.45. The molecule has 8 heteroatoms. The molecule has 0 aliphatic carbocycles. The maximum atomic E-state index is 12.2. The number of hydrogen-bond donors (Lipinski definition) is 1. The monoisotopic (exact) mass is 374 g/mol. The van der Waals surface area contributed by atoms with Crippen LogP contribution in [0.15, 0.2) is 18.2 Å². The Morgan fingerprint density at radius 1 is 1.20 bits per heavy atom. The van der Waals surface area contributed by atoms with Crippen LogP contribution in [0.1, 0.15) is 12.8 Å². The Bertz CT molecular complexity index is 528. The van der Waals surface area contributed by atoms with Crippen molar-refractivity contribution in [3.63, 3.8) is 0 Å². The molecule has 1 fully saturated rings. The zero-order valence-corrected chi connectivity index (χ0v) is 15.7. The maximum absolute atomic E-state index is 12.2. The first-order valence-corrected chi connectivity index (χ1v) is 8.01. The minimum Gasteiger partial charge on any atom is -0.493 e. The molecule has 2 rings (SSSR count). The smallest absolute Gasteiger partial charge is 0.241 e. The second kappa shape index (κ2) is 10.3. The van der Waals surface area contributed by atoms with Gasteiger partial charge in [-0.2, -0.15) is 0 Å². The Morgan fingerprint density at radius 3 is 2.24 bits per heavy atom. The Morgan fingerprint density at radius 2 is 1.76 bits per heavy atom. The average Bonchev–Trinajstić information content (AvgIpc) is 2.62. The Kier molecular flexibility index (Phi) is 8.82. The van der Waals surface area contributed by atoms with Gasteiger partial charge in [0.15, 0.2) is 11.5 Å². The Labute approximate surface area is 154 Å². The van der Waals surface area contributed by atoms with Crippen molar-refractivity contribution in [1.29, 1.82) is 0 Å². The molecule has 7 nitrogen and oxygen atoms in total. The number of carbonyl (C=O) groups excluding carboxylic acids is 1. The van der Waals surface area contributed by atoms with Crippen LogP contribution in [0.2, 0.25) is 0 Å². The number of ether oxygens (including phenoxy) is 4. The van der Waals surface area contributed by atoms with E-state index in [4.69, 9.17) is 24.7 Å². The minimum atomic E-state index is -0.609. The molecule has 1 aromatic rings. The summed E-state index contributed by atoms with van der Waals surface area (Å²) in [5.74, 6) is 1.79. The number of nitrogens with two attached hydrogens (primary N) is 1. The van der Waals surface area contributed by atoms with Crippen molar-refractivity contribution in [3.05, 3.63) is 18.2 Å². The molecule has 1 unspecified atom stereocenters. The molecule has 1 aliphatic heterocycles. The summed E-state index contributed by atoms with van der Waals surface area (Å²) >= 11 is 0. The average molecular weight is 375 g/mol. The van der Waals surface area contributed by atoms with Gasteiger partial charge in [-0.3, -0.25) is 4.79 Å². The van der Waals surface area contributed by atoms with Crippen molar-refractivity contribution in [2.45, 2.75) is 25.0 Å². The molecule has 1 saturated heterocycles. The zero-order valence-electron chi connectivity index (χ0n) is 14.9. The fraction of sp³-hybridized carbons (Fsp3) is 0.588. The van der Waals surface area contributed by atoms with E-state index in [1.165, 1.54) is 7.11 Å². The molecule has 1 amide bonds. The summed E-state index contributed by atoms with van der Waals surface area (Å²) in [6, 6.07) is 4.91. The summed E-state index contributed by atoms with van der Waals surface area (Å²) in [4.78, 5) is 14.0. The largest absolute Gasteiger partial charge is 0.493 e. The van der Waals surface area contributed by atoms with E-state index in [1.54, 1.807) is 19.1 Å². The lowest BCUT2D eigenvalue weighted by Gasteiger charge is -2.33. The van der Waals surface area contributed by atoms with Crippen molar-refractivity contribution in [2.75, 3.05) is 41.0 Å². The van der Waals surface area contributed by atoms with Crippen LogP contribution in [-0.2, 0) is 9.53 Å².